The van der Waals surface area contributed by atoms with Gasteiger partial charge in [0.1, 0.15) is 0 Å². The van der Waals surface area contributed by atoms with Crippen molar-refractivity contribution in [2.24, 2.45) is 0 Å². The second kappa shape index (κ2) is 8.00. The van der Waals surface area contributed by atoms with Gasteiger partial charge in [0.25, 0.3) is 0 Å². The van der Waals surface area contributed by atoms with Crippen molar-refractivity contribution in [1.29, 1.82) is 0 Å². The molecule has 4 heteroatoms. The van der Waals surface area contributed by atoms with Crippen LogP contribution in [0.3, 0.4) is 0 Å². The third-order valence-corrected chi connectivity index (χ3v) is 4.32. The predicted octanol–water partition coefficient (Wildman–Crippen LogP) is 5.34. The first-order valence-corrected chi connectivity index (χ1v) is 8.93. The summed E-state index contributed by atoms with van der Waals surface area (Å²) in [5.74, 6) is 1.76. The van der Waals surface area contributed by atoms with Crippen LogP contribution < -0.4 is 5.32 Å². The van der Waals surface area contributed by atoms with Crippen LogP contribution in [0.4, 0.5) is 5.69 Å². The monoisotopic (exact) mass is 348 g/mol. The highest BCUT2D eigenvalue weighted by atomic mass is 16.4. The number of amides is 1. The van der Waals surface area contributed by atoms with Crippen molar-refractivity contribution in [3.63, 3.8) is 0 Å². The van der Waals surface area contributed by atoms with E-state index in [-0.39, 0.29) is 5.91 Å². The van der Waals surface area contributed by atoms with Gasteiger partial charge in [0, 0.05) is 24.1 Å². The Morgan fingerprint density at radius 3 is 2.42 bits per heavy atom. The Morgan fingerprint density at radius 1 is 1.08 bits per heavy atom. The third kappa shape index (κ3) is 4.60. The van der Waals surface area contributed by atoms with Crippen LogP contribution >= 0.6 is 0 Å². The van der Waals surface area contributed by atoms with Crippen LogP contribution in [0.25, 0.3) is 11.3 Å². The molecule has 1 heterocycles. The number of nitrogens with one attached hydrogen (secondary N) is 1. The zero-order valence-electron chi connectivity index (χ0n) is 15.5. The van der Waals surface area contributed by atoms with E-state index in [0.29, 0.717) is 24.7 Å². The molecule has 0 aliphatic carbocycles. The van der Waals surface area contributed by atoms with E-state index in [1.54, 1.807) is 6.20 Å². The number of carbonyl (C=O) groups is 1. The maximum Gasteiger partial charge on any atom is 0.224 e. The second-order valence-corrected chi connectivity index (χ2v) is 6.81. The van der Waals surface area contributed by atoms with Gasteiger partial charge in [-0.1, -0.05) is 55.8 Å². The lowest BCUT2D eigenvalue weighted by atomic mass is 10.0. The van der Waals surface area contributed by atoms with E-state index in [2.05, 4.69) is 36.3 Å². The molecule has 0 aliphatic rings. The first-order chi connectivity index (χ1) is 12.5. The number of hydrogen-bond donors (Lipinski definition) is 1. The highest BCUT2D eigenvalue weighted by Gasteiger charge is 2.10. The van der Waals surface area contributed by atoms with Gasteiger partial charge < -0.3 is 9.73 Å². The number of hydrogen-bond acceptors (Lipinski definition) is 3. The standard InChI is InChI=1S/C22H24N2O2/c1-15(2)17-6-8-18(9-7-17)20-14-23-22(26-20)13-12-21(25)24-19-10-4-16(3)5-11-19/h4-11,14-15H,12-13H2,1-3H3,(H,24,25). The van der Waals surface area contributed by atoms with Gasteiger partial charge in [-0.2, -0.15) is 0 Å². The van der Waals surface area contributed by atoms with Crippen LogP contribution in [0, 0.1) is 6.92 Å². The van der Waals surface area contributed by atoms with Crippen LogP contribution in [-0.4, -0.2) is 10.9 Å². The second-order valence-electron chi connectivity index (χ2n) is 6.81. The molecule has 0 radical (unpaired) electrons. The van der Waals surface area contributed by atoms with E-state index >= 15 is 0 Å². The van der Waals surface area contributed by atoms with Gasteiger partial charge in [0.05, 0.1) is 6.20 Å². The summed E-state index contributed by atoms with van der Waals surface area (Å²) in [6, 6.07) is 16.1. The van der Waals surface area contributed by atoms with Gasteiger partial charge in [-0.05, 0) is 30.5 Å². The van der Waals surface area contributed by atoms with E-state index < -0.39 is 0 Å². The predicted molar refractivity (Wildman–Crippen MR) is 104 cm³/mol. The number of carbonyl (C=O) groups excluding carboxylic acids is 1. The highest BCUT2D eigenvalue weighted by molar-refractivity contribution is 5.90. The highest BCUT2D eigenvalue weighted by Crippen LogP contribution is 2.23. The summed E-state index contributed by atoms with van der Waals surface area (Å²) in [6.07, 6.45) is 2.53. The average Bonchev–Trinajstić information content (AvgIpc) is 3.11. The van der Waals surface area contributed by atoms with E-state index in [4.69, 9.17) is 4.42 Å². The molecule has 0 aliphatic heterocycles. The molecule has 0 atom stereocenters. The Balaban J connectivity index is 1.56. The normalized spacial score (nSPS) is 10.9. The van der Waals surface area contributed by atoms with E-state index in [1.165, 1.54) is 5.56 Å². The summed E-state index contributed by atoms with van der Waals surface area (Å²) in [5.41, 5.74) is 4.26. The molecular formula is C22H24N2O2. The molecule has 1 N–H and O–H groups in total. The zero-order chi connectivity index (χ0) is 18.5. The van der Waals surface area contributed by atoms with Crippen molar-refractivity contribution in [1.82, 2.24) is 4.98 Å². The van der Waals surface area contributed by atoms with Crippen molar-refractivity contribution >= 4 is 11.6 Å². The average molecular weight is 348 g/mol. The summed E-state index contributed by atoms with van der Waals surface area (Å²) < 4.78 is 5.80. The van der Waals surface area contributed by atoms with E-state index in [9.17, 15) is 4.79 Å². The molecule has 26 heavy (non-hydrogen) atoms. The minimum Gasteiger partial charge on any atom is -0.441 e. The van der Waals surface area contributed by atoms with Crippen LogP contribution in [0.1, 0.15) is 43.2 Å². The summed E-state index contributed by atoms with van der Waals surface area (Å²) >= 11 is 0. The minimum absolute atomic E-state index is 0.0464. The summed E-state index contributed by atoms with van der Waals surface area (Å²) in [4.78, 5) is 16.4. The molecule has 0 saturated heterocycles. The first-order valence-electron chi connectivity index (χ1n) is 8.93. The molecule has 1 aromatic heterocycles. The minimum atomic E-state index is -0.0464. The topological polar surface area (TPSA) is 55.1 Å². The Kier molecular flexibility index (Phi) is 5.52. The smallest absolute Gasteiger partial charge is 0.224 e. The van der Waals surface area contributed by atoms with Crippen molar-refractivity contribution in [3.05, 3.63) is 71.7 Å². The largest absolute Gasteiger partial charge is 0.441 e. The third-order valence-electron chi connectivity index (χ3n) is 4.32. The molecule has 4 nitrogen and oxygen atoms in total. The molecule has 0 unspecified atom stereocenters. The molecule has 0 fully saturated rings. The molecule has 0 bridgehead atoms. The summed E-state index contributed by atoms with van der Waals surface area (Å²) in [7, 11) is 0. The number of oxazole rings is 1. The fourth-order valence-electron chi connectivity index (χ4n) is 2.67. The Labute approximate surface area is 154 Å². The van der Waals surface area contributed by atoms with Crippen molar-refractivity contribution in [2.45, 2.75) is 39.5 Å². The van der Waals surface area contributed by atoms with Gasteiger partial charge in [-0.3, -0.25) is 4.79 Å². The Hall–Kier alpha value is -2.88. The van der Waals surface area contributed by atoms with Gasteiger partial charge >= 0.3 is 0 Å². The number of aryl methyl sites for hydroxylation is 2. The quantitative estimate of drug-likeness (QED) is 0.654. The molecular weight excluding hydrogens is 324 g/mol. The molecule has 0 spiro atoms. The molecule has 134 valence electrons. The van der Waals surface area contributed by atoms with Gasteiger partial charge in [-0.15, -0.1) is 0 Å². The van der Waals surface area contributed by atoms with Crippen LogP contribution in [0.15, 0.2) is 59.1 Å². The van der Waals surface area contributed by atoms with E-state index in [1.807, 2.05) is 43.3 Å². The first kappa shape index (κ1) is 17.9. The molecule has 3 rings (SSSR count). The van der Waals surface area contributed by atoms with Crippen molar-refractivity contribution in [3.8, 4) is 11.3 Å². The fourth-order valence-corrected chi connectivity index (χ4v) is 2.67. The Morgan fingerprint density at radius 2 is 1.77 bits per heavy atom. The molecule has 1 amide bonds. The maximum absolute atomic E-state index is 12.1. The summed E-state index contributed by atoms with van der Waals surface area (Å²) in [5, 5.41) is 2.89. The van der Waals surface area contributed by atoms with Gasteiger partial charge in [0.2, 0.25) is 5.91 Å². The summed E-state index contributed by atoms with van der Waals surface area (Å²) in [6.45, 7) is 6.36. The molecule has 2 aromatic carbocycles. The molecule has 0 saturated carbocycles. The van der Waals surface area contributed by atoms with Crippen LogP contribution in [0.5, 0.6) is 0 Å². The van der Waals surface area contributed by atoms with Crippen molar-refractivity contribution in [2.75, 3.05) is 5.32 Å². The lowest BCUT2D eigenvalue weighted by Crippen LogP contribution is -2.12. The van der Waals surface area contributed by atoms with Gasteiger partial charge in [-0.25, -0.2) is 4.98 Å². The fraction of sp³-hybridized carbons (Fsp3) is 0.273. The SMILES string of the molecule is Cc1ccc(NC(=O)CCc2ncc(-c3ccc(C(C)C)cc3)o2)cc1. The number of rotatable bonds is 6. The number of aromatic nitrogens is 1. The Bertz CT molecular complexity index is 862. The zero-order valence-corrected chi connectivity index (χ0v) is 15.5. The maximum atomic E-state index is 12.1. The number of anilines is 1. The van der Waals surface area contributed by atoms with Gasteiger partial charge in [0.15, 0.2) is 11.7 Å². The van der Waals surface area contributed by atoms with E-state index in [0.717, 1.165) is 22.6 Å². The van der Waals surface area contributed by atoms with Crippen LogP contribution in [-0.2, 0) is 11.2 Å². The van der Waals surface area contributed by atoms with Crippen molar-refractivity contribution < 1.29 is 9.21 Å². The van der Waals surface area contributed by atoms with Crippen LogP contribution in [0.2, 0.25) is 0 Å². The lowest BCUT2D eigenvalue weighted by molar-refractivity contribution is -0.116. The number of benzene rings is 2. The number of nitrogens with zero attached hydrogens (tertiary/aromatic N) is 1. The lowest BCUT2D eigenvalue weighted by Gasteiger charge is -2.05. The molecule has 3 aromatic rings.